The summed E-state index contributed by atoms with van der Waals surface area (Å²) in [6.07, 6.45) is 2.98. The first-order valence-electron chi connectivity index (χ1n) is 2.97. The van der Waals surface area contributed by atoms with E-state index in [4.69, 9.17) is 0 Å². The Morgan fingerprint density at radius 1 is 1.62 bits per heavy atom. The quantitative estimate of drug-likeness (QED) is 0.541. The van der Waals surface area contributed by atoms with Crippen LogP contribution >= 0.6 is 7.14 Å². The van der Waals surface area contributed by atoms with Crippen molar-refractivity contribution in [3.63, 3.8) is 0 Å². The summed E-state index contributed by atoms with van der Waals surface area (Å²) in [4.78, 5) is 0. The minimum absolute atomic E-state index is 0.809. The molecule has 0 aromatic rings. The van der Waals surface area contributed by atoms with Gasteiger partial charge in [-0.2, -0.15) is 0 Å². The first-order valence-corrected chi connectivity index (χ1v) is 5.49. The molecule has 1 atom stereocenters. The van der Waals surface area contributed by atoms with Gasteiger partial charge in [-0.15, -0.1) is 0 Å². The van der Waals surface area contributed by atoms with E-state index in [0.717, 1.165) is 19.0 Å². The molecule has 0 amide bonds. The van der Waals surface area contributed by atoms with Gasteiger partial charge < -0.3 is 4.57 Å². The fourth-order valence-corrected chi connectivity index (χ4v) is 1.48. The van der Waals surface area contributed by atoms with Crippen LogP contribution < -0.4 is 0 Å². The zero-order chi connectivity index (χ0) is 6.62. The second-order valence-electron chi connectivity index (χ2n) is 2.37. The fourth-order valence-electron chi connectivity index (χ4n) is 0.493. The van der Waals surface area contributed by atoms with Gasteiger partial charge in [0.15, 0.2) is 0 Å². The van der Waals surface area contributed by atoms with E-state index in [9.17, 15) is 4.57 Å². The van der Waals surface area contributed by atoms with Gasteiger partial charge in [0.25, 0.3) is 0 Å². The summed E-state index contributed by atoms with van der Waals surface area (Å²) in [5.74, 6) is 0. The largest absolute Gasteiger partial charge is 0.324 e. The maximum absolute atomic E-state index is 10.9. The SMILES string of the molecule is [CH2]P(C)(=O)CCCC. The van der Waals surface area contributed by atoms with E-state index < -0.39 is 7.14 Å². The highest BCUT2D eigenvalue weighted by molar-refractivity contribution is 7.64. The van der Waals surface area contributed by atoms with Crippen molar-refractivity contribution in [1.29, 1.82) is 0 Å². The zero-order valence-corrected chi connectivity index (χ0v) is 6.58. The zero-order valence-electron chi connectivity index (χ0n) is 5.68. The fraction of sp³-hybridized carbons (Fsp3) is 0.833. The number of rotatable bonds is 3. The summed E-state index contributed by atoms with van der Waals surface area (Å²) < 4.78 is 10.9. The molecule has 0 N–H and O–H groups in total. The Morgan fingerprint density at radius 3 is 2.25 bits per heavy atom. The van der Waals surface area contributed by atoms with E-state index >= 15 is 0 Å². The average Bonchev–Trinajstić information content (AvgIpc) is 1.59. The first kappa shape index (κ1) is 8.23. The van der Waals surface area contributed by atoms with Crippen LogP contribution in [0.4, 0.5) is 0 Å². The Kier molecular flexibility index (Phi) is 3.39. The molecule has 8 heavy (non-hydrogen) atoms. The summed E-state index contributed by atoms with van der Waals surface area (Å²) in [6, 6.07) is 0. The third kappa shape index (κ3) is 6.23. The van der Waals surface area contributed by atoms with Crippen molar-refractivity contribution in [2.45, 2.75) is 19.8 Å². The molecule has 1 radical (unpaired) electrons. The second kappa shape index (κ2) is 3.29. The summed E-state index contributed by atoms with van der Waals surface area (Å²) in [5, 5.41) is 0. The highest BCUT2D eigenvalue weighted by atomic mass is 31.2. The van der Waals surface area contributed by atoms with Gasteiger partial charge in [0.05, 0.1) is 7.14 Å². The van der Waals surface area contributed by atoms with Crippen LogP contribution in [-0.4, -0.2) is 12.8 Å². The minimum Gasteiger partial charge on any atom is -0.324 e. The molecule has 1 nitrogen and oxygen atoms in total. The van der Waals surface area contributed by atoms with Crippen LogP contribution in [0.1, 0.15) is 19.8 Å². The van der Waals surface area contributed by atoms with Gasteiger partial charge in [-0.25, -0.2) is 0 Å². The van der Waals surface area contributed by atoms with Gasteiger partial charge in [-0.1, -0.05) is 13.3 Å². The van der Waals surface area contributed by atoms with Gasteiger partial charge in [0, 0.05) is 12.8 Å². The van der Waals surface area contributed by atoms with Gasteiger partial charge in [0.2, 0.25) is 0 Å². The molecule has 2 heteroatoms. The lowest BCUT2D eigenvalue weighted by Crippen LogP contribution is -1.81. The summed E-state index contributed by atoms with van der Waals surface area (Å²) in [5.41, 5.74) is 0. The van der Waals surface area contributed by atoms with Gasteiger partial charge >= 0.3 is 0 Å². The van der Waals surface area contributed by atoms with E-state index in [2.05, 4.69) is 13.6 Å². The Bertz CT molecular complexity index is 92.7. The smallest absolute Gasteiger partial charge is 0.0853 e. The van der Waals surface area contributed by atoms with Gasteiger partial charge in [-0.3, -0.25) is 0 Å². The molecule has 0 saturated heterocycles. The molecule has 0 fully saturated rings. The summed E-state index contributed by atoms with van der Waals surface area (Å²) in [6.45, 7) is 7.40. The monoisotopic (exact) mass is 133 g/mol. The molecule has 0 rings (SSSR count). The lowest BCUT2D eigenvalue weighted by molar-refractivity contribution is 0.582. The molecule has 0 heterocycles. The van der Waals surface area contributed by atoms with E-state index in [1.165, 1.54) is 0 Å². The van der Waals surface area contributed by atoms with Gasteiger partial charge in [0.1, 0.15) is 0 Å². The Hall–Kier alpha value is 0.230. The van der Waals surface area contributed by atoms with Crippen molar-refractivity contribution in [3.8, 4) is 0 Å². The minimum atomic E-state index is -1.93. The predicted molar refractivity (Wildman–Crippen MR) is 38.7 cm³/mol. The Balaban J connectivity index is 3.26. The predicted octanol–water partition coefficient (Wildman–Crippen LogP) is 2.57. The topological polar surface area (TPSA) is 17.1 Å². The molecule has 0 aliphatic heterocycles. The summed E-state index contributed by atoms with van der Waals surface area (Å²) in [7, 11) is -1.93. The van der Waals surface area contributed by atoms with Crippen molar-refractivity contribution in [3.05, 3.63) is 6.66 Å². The maximum atomic E-state index is 10.9. The molecule has 0 bridgehead atoms. The van der Waals surface area contributed by atoms with Crippen molar-refractivity contribution < 1.29 is 4.57 Å². The molecule has 0 spiro atoms. The van der Waals surface area contributed by atoms with Crippen LogP contribution in [0.15, 0.2) is 0 Å². The normalized spacial score (nSPS) is 11.9. The van der Waals surface area contributed by atoms with Crippen LogP contribution in [0.2, 0.25) is 0 Å². The van der Waals surface area contributed by atoms with Crippen LogP contribution in [0.5, 0.6) is 0 Å². The first-order chi connectivity index (χ1) is 3.56. The lowest BCUT2D eigenvalue weighted by Gasteiger charge is -2.01. The van der Waals surface area contributed by atoms with Crippen molar-refractivity contribution >= 4 is 7.14 Å². The number of hydrogen-bond acceptors (Lipinski definition) is 1. The molecular weight excluding hydrogens is 119 g/mol. The molecule has 0 saturated carbocycles. The van der Waals surface area contributed by atoms with Crippen molar-refractivity contribution in [2.24, 2.45) is 0 Å². The van der Waals surface area contributed by atoms with Crippen molar-refractivity contribution in [1.82, 2.24) is 0 Å². The Morgan fingerprint density at radius 2 is 2.12 bits per heavy atom. The summed E-state index contributed by atoms with van der Waals surface area (Å²) >= 11 is 0. The van der Waals surface area contributed by atoms with E-state index in [0.29, 0.717) is 0 Å². The van der Waals surface area contributed by atoms with Gasteiger partial charge in [-0.05, 0) is 13.1 Å². The highest BCUT2D eigenvalue weighted by Gasteiger charge is 2.03. The van der Waals surface area contributed by atoms with Crippen LogP contribution in [0.3, 0.4) is 0 Å². The molecule has 1 unspecified atom stereocenters. The van der Waals surface area contributed by atoms with Crippen LogP contribution in [-0.2, 0) is 4.57 Å². The number of unbranched alkanes of at least 4 members (excludes halogenated alkanes) is 1. The van der Waals surface area contributed by atoms with E-state index in [1.807, 2.05) is 0 Å². The third-order valence-electron chi connectivity index (χ3n) is 0.985. The molecule has 0 aromatic carbocycles. The molecular formula is C6H14OP. The van der Waals surface area contributed by atoms with Crippen molar-refractivity contribution in [2.75, 3.05) is 12.8 Å². The molecule has 49 valence electrons. The third-order valence-corrected chi connectivity index (χ3v) is 2.25. The molecule has 0 aliphatic rings. The molecule has 0 aromatic heterocycles. The molecule has 0 aliphatic carbocycles. The van der Waals surface area contributed by atoms with E-state index in [1.54, 1.807) is 6.66 Å². The van der Waals surface area contributed by atoms with Crippen LogP contribution in [0, 0.1) is 6.66 Å². The second-order valence-corrected chi connectivity index (χ2v) is 5.41. The average molecular weight is 133 g/mol. The number of hydrogen-bond donors (Lipinski definition) is 0. The standard InChI is InChI=1S/C6H14OP/c1-4-5-6-8(2,3)7/h2,4-6H2,1,3H3. The maximum Gasteiger partial charge on any atom is 0.0853 e. The Labute approximate surface area is 51.9 Å². The highest BCUT2D eigenvalue weighted by Crippen LogP contribution is 2.39. The van der Waals surface area contributed by atoms with Crippen LogP contribution in [0.25, 0.3) is 0 Å². The lowest BCUT2D eigenvalue weighted by atomic mass is 10.4. The van der Waals surface area contributed by atoms with E-state index in [-0.39, 0.29) is 0 Å².